The van der Waals surface area contributed by atoms with Gasteiger partial charge in [0.05, 0.1) is 10.9 Å². The Morgan fingerprint density at radius 3 is 2.41 bits per heavy atom. The van der Waals surface area contributed by atoms with Gasteiger partial charge in [-0.15, -0.1) is 0 Å². The summed E-state index contributed by atoms with van der Waals surface area (Å²) in [6.07, 6.45) is 3.89. The molecule has 1 N–H and O–H groups in total. The highest BCUT2D eigenvalue weighted by molar-refractivity contribution is 7.89. The van der Waals surface area contributed by atoms with Crippen LogP contribution in [-0.4, -0.2) is 26.5 Å². The summed E-state index contributed by atoms with van der Waals surface area (Å²) in [4.78, 5) is 11.5. The molecule has 0 aromatic heterocycles. The van der Waals surface area contributed by atoms with Crippen molar-refractivity contribution in [2.75, 3.05) is 0 Å². The summed E-state index contributed by atoms with van der Waals surface area (Å²) in [7, 11) is -3.60. The third-order valence-electron chi connectivity index (χ3n) is 3.91. The second-order valence-corrected chi connectivity index (χ2v) is 7.54. The van der Waals surface area contributed by atoms with Gasteiger partial charge < -0.3 is 4.74 Å². The lowest BCUT2D eigenvalue weighted by Gasteiger charge is -2.25. The second kappa shape index (κ2) is 7.24. The summed E-state index contributed by atoms with van der Waals surface area (Å²) < 4.78 is 33.0. The van der Waals surface area contributed by atoms with Crippen LogP contribution in [-0.2, 0) is 19.6 Å². The number of carbonyl (C=O) groups excluding carboxylic acids is 1. The minimum Gasteiger partial charge on any atom is -0.461 e. The van der Waals surface area contributed by atoms with Gasteiger partial charge in [0, 0.05) is 6.92 Å². The summed E-state index contributed by atoms with van der Waals surface area (Å²) >= 11 is 0. The lowest BCUT2D eigenvalue weighted by Crippen LogP contribution is -2.44. The highest BCUT2D eigenvalue weighted by atomic mass is 32.2. The minimum absolute atomic E-state index is 0.240. The number of nitrogens with one attached hydrogen (secondary N) is 1. The molecule has 0 radical (unpaired) electrons. The smallest absolute Gasteiger partial charge is 0.302 e. The average molecular weight is 325 g/mol. The van der Waals surface area contributed by atoms with Crippen LogP contribution in [0.1, 0.15) is 44.6 Å². The monoisotopic (exact) mass is 325 g/mol. The first-order valence-corrected chi connectivity index (χ1v) is 9.13. The van der Waals surface area contributed by atoms with E-state index in [0.717, 1.165) is 24.8 Å². The van der Waals surface area contributed by atoms with Crippen LogP contribution < -0.4 is 4.72 Å². The summed E-state index contributed by atoms with van der Waals surface area (Å²) in [5.74, 6) is -0.369. The Kier molecular flexibility index (Phi) is 5.58. The molecule has 2 atom stereocenters. The Hall–Kier alpha value is -1.40. The predicted octanol–water partition coefficient (Wildman–Crippen LogP) is 2.54. The Balaban J connectivity index is 2.17. The van der Waals surface area contributed by atoms with Gasteiger partial charge in [0.1, 0.15) is 6.10 Å². The number of sulfonamides is 1. The van der Waals surface area contributed by atoms with Crippen molar-refractivity contribution in [2.45, 2.75) is 63.0 Å². The maximum Gasteiger partial charge on any atom is 0.302 e. The molecule has 122 valence electrons. The SMILES string of the molecule is CC(=O)O[C@@H]1CCCCC[C@H]1NS(=O)(=O)c1ccc(C)cc1. The molecule has 5 nitrogen and oxygen atoms in total. The Labute approximate surface area is 132 Å². The van der Waals surface area contributed by atoms with Crippen molar-refractivity contribution in [2.24, 2.45) is 0 Å². The first-order chi connectivity index (χ1) is 10.4. The van der Waals surface area contributed by atoms with Crippen LogP contribution in [0.5, 0.6) is 0 Å². The van der Waals surface area contributed by atoms with Crippen LogP contribution >= 0.6 is 0 Å². The van der Waals surface area contributed by atoms with Crippen molar-refractivity contribution in [3.05, 3.63) is 29.8 Å². The van der Waals surface area contributed by atoms with Crippen LogP contribution in [0.15, 0.2) is 29.2 Å². The zero-order chi connectivity index (χ0) is 16.2. The topological polar surface area (TPSA) is 72.5 Å². The van der Waals surface area contributed by atoms with Gasteiger partial charge in [-0.1, -0.05) is 30.5 Å². The van der Waals surface area contributed by atoms with Gasteiger partial charge in [-0.2, -0.15) is 0 Å². The first kappa shape index (κ1) is 17.0. The molecule has 0 amide bonds. The molecule has 0 bridgehead atoms. The molecule has 0 spiro atoms. The number of esters is 1. The van der Waals surface area contributed by atoms with E-state index in [9.17, 15) is 13.2 Å². The van der Waals surface area contributed by atoms with E-state index >= 15 is 0 Å². The van der Waals surface area contributed by atoms with Gasteiger partial charge in [-0.05, 0) is 38.3 Å². The molecule has 2 rings (SSSR count). The molecule has 22 heavy (non-hydrogen) atoms. The summed E-state index contributed by atoms with van der Waals surface area (Å²) in [5, 5.41) is 0. The van der Waals surface area contributed by atoms with Crippen molar-refractivity contribution >= 4 is 16.0 Å². The second-order valence-electron chi connectivity index (χ2n) is 5.83. The summed E-state index contributed by atoms with van der Waals surface area (Å²) in [6.45, 7) is 3.27. The van der Waals surface area contributed by atoms with E-state index in [1.807, 2.05) is 6.92 Å². The number of hydrogen-bond donors (Lipinski definition) is 1. The molecule has 1 aromatic carbocycles. The van der Waals surface area contributed by atoms with E-state index in [1.54, 1.807) is 24.3 Å². The molecule has 0 saturated heterocycles. The van der Waals surface area contributed by atoms with E-state index in [2.05, 4.69) is 4.72 Å². The molecule has 1 saturated carbocycles. The number of aryl methyl sites for hydroxylation is 1. The number of carbonyl (C=O) groups is 1. The fraction of sp³-hybridized carbons (Fsp3) is 0.562. The van der Waals surface area contributed by atoms with E-state index in [1.165, 1.54) is 6.92 Å². The fourth-order valence-electron chi connectivity index (χ4n) is 2.75. The fourth-order valence-corrected chi connectivity index (χ4v) is 4.05. The Morgan fingerprint density at radius 2 is 1.77 bits per heavy atom. The van der Waals surface area contributed by atoms with Crippen molar-refractivity contribution < 1.29 is 17.9 Å². The lowest BCUT2D eigenvalue weighted by molar-refractivity contribution is -0.147. The summed E-state index contributed by atoms with van der Waals surface area (Å²) in [5.41, 5.74) is 1.01. The molecule has 0 unspecified atom stereocenters. The van der Waals surface area contributed by atoms with Crippen LogP contribution in [0, 0.1) is 6.92 Å². The normalized spacial score (nSPS) is 22.8. The molecule has 1 aromatic rings. The van der Waals surface area contributed by atoms with Crippen LogP contribution in [0.2, 0.25) is 0 Å². The van der Waals surface area contributed by atoms with Gasteiger partial charge in [-0.25, -0.2) is 13.1 Å². The maximum atomic E-state index is 12.5. The highest BCUT2D eigenvalue weighted by Crippen LogP contribution is 2.23. The molecule has 0 aliphatic heterocycles. The zero-order valence-electron chi connectivity index (χ0n) is 13.0. The van der Waals surface area contributed by atoms with Gasteiger partial charge in [0.25, 0.3) is 0 Å². The average Bonchev–Trinajstić information content (AvgIpc) is 2.64. The van der Waals surface area contributed by atoms with E-state index in [4.69, 9.17) is 4.74 Å². The van der Waals surface area contributed by atoms with Crippen molar-refractivity contribution in [3.8, 4) is 0 Å². The number of rotatable bonds is 4. The standard InChI is InChI=1S/C16H23NO4S/c1-12-8-10-14(11-9-12)22(19,20)17-15-6-4-3-5-7-16(15)21-13(2)18/h8-11,15-17H,3-7H2,1-2H3/t15-,16-/m1/s1. The molecule has 0 heterocycles. The molecule has 1 aliphatic carbocycles. The van der Waals surface area contributed by atoms with E-state index in [0.29, 0.717) is 12.8 Å². The largest absolute Gasteiger partial charge is 0.461 e. The summed E-state index contributed by atoms with van der Waals surface area (Å²) in [6, 6.07) is 6.36. The minimum atomic E-state index is -3.60. The van der Waals surface area contributed by atoms with Crippen LogP contribution in [0.4, 0.5) is 0 Å². The number of hydrogen-bond acceptors (Lipinski definition) is 4. The van der Waals surface area contributed by atoms with Gasteiger partial charge in [0.15, 0.2) is 0 Å². The van der Waals surface area contributed by atoms with Crippen molar-refractivity contribution in [1.82, 2.24) is 4.72 Å². The van der Waals surface area contributed by atoms with E-state index in [-0.39, 0.29) is 23.0 Å². The van der Waals surface area contributed by atoms with Crippen LogP contribution in [0.3, 0.4) is 0 Å². The van der Waals surface area contributed by atoms with Gasteiger partial charge in [0.2, 0.25) is 10.0 Å². The third-order valence-corrected chi connectivity index (χ3v) is 5.41. The zero-order valence-corrected chi connectivity index (χ0v) is 13.9. The van der Waals surface area contributed by atoms with Crippen molar-refractivity contribution in [1.29, 1.82) is 0 Å². The van der Waals surface area contributed by atoms with Gasteiger partial charge >= 0.3 is 5.97 Å². The quantitative estimate of drug-likeness (QED) is 0.682. The number of benzene rings is 1. The maximum absolute atomic E-state index is 12.5. The molecule has 6 heteroatoms. The predicted molar refractivity (Wildman–Crippen MR) is 83.9 cm³/mol. The van der Waals surface area contributed by atoms with Crippen molar-refractivity contribution in [3.63, 3.8) is 0 Å². The van der Waals surface area contributed by atoms with Crippen LogP contribution in [0.25, 0.3) is 0 Å². The Bertz CT molecular complexity index is 610. The molecular weight excluding hydrogens is 302 g/mol. The van der Waals surface area contributed by atoms with E-state index < -0.39 is 10.0 Å². The molecule has 1 fully saturated rings. The van der Waals surface area contributed by atoms with Gasteiger partial charge in [-0.3, -0.25) is 4.79 Å². The highest BCUT2D eigenvalue weighted by Gasteiger charge is 2.30. The first-order valence-electron chi connectivity index (χ1n) is 7.65. The Morgan fingerprint density at radius 1 is 1.14 bits per heavy atom. The lowest BCUT2D eigenvalue weighted by atomic mass is 10.1. The number of ether oxygens (including phenoxy) is 1. The third kappa shape index (κ3) is 4.55. The molecule has 1 aliphatic rings. The molecular formula is C16H23NO4S.